The predicted molar refractivity (Wildman–Crippen MR) is 86.8 cm³/mol. The zero-order valence-electron chi connectivity index (χ0n) is 12.1. The summed E-state index contributed by atoms with van der Waals surface area (Å²) >= 11 is 1.48. The number of hydrogen-bond donors (Lipinski definition) is 2. The fourth-order valence-electron chi connectivity index (χ4n) is 1.82. The molecular weight excluding hydrogens is 284 g/mol. The highest BCUT2D eigenvalue weighted by atomic mass is 32.1. The smallest absolute Gasteiger partial charge is 0.256 e. The molecule has 1 aromatic heterocycles. The lowest BCUT2D eigenvalue weighted by Gasteiger charge is -2.08. The molecule has 0 saturated carbocycles. The predicted octanol–water partition coefficient (Wildman–Crippen LogP) is 3.99. The van der Waals surface area contributed by atoms with Crippen LogP contribution in [0.1, 0.15) is 30.6 Å². The van der Waals surface area contributed by atoms with Crippen LogP contribution >= 0.6 is 11.3 Å². The Morgan fingerprint density at radius 1 is 1.05 bits per heavy atom. The van der Waals surface area contributed by atoms with Gasteiger partial charge >= 0.3 is 0 Å². The van der Waals surface area contributed by atoms with Gasteiger partial charge in [-0.1, -0.05) is 13.8 Å². The highest BCUT2D eigenvalue weighted by Crippen LogP contribution is 2.16. The van der Waals surface area contributed by atoms with Gasteiger partial charge in [-0.2, -0.15) is 11.3 Å². The number of anilines is 2. The largest absolute Gasteiger partial charge is 0.326 e. The molecule has 21 heavy (non-hydrogen) atoms. The van der Waals surface area contributed by atoms with Crippen LogP contribution in [0.2, 0.25) is 0 Å². The second-order valence-corrected chi connectivity index (χ2v) is 5.97. The summed E-state index contributed by atoms with van der Waals surface area (Å²) in [6, 6.07) is 8.88. The fraction of sp³-hybridized carbons (Fsp3) is 0.250. The van der Waals surface area contributed by atoms with Crippen molar-refractivity contribution < 1.29 is 9.59 Å². The molecular formula is C16H18N2O2S. The van der Waals surface area contributed by atoms with Crippen molar-refractivity contribution in [3.8, 4) is 0 Å². The van der Waals surface area contributed by atoms with Crippen LogP contribution in [-0.2, 0) is 4.79 Å². The fourth-order valence-corrected chi connectivity index (χ4v) is 2.45. The van der Waals surface area contributed by atoms with E-state index in [2.05, 4.69) is 10.6 Å². The molecule has 1 heterocycles. The third-order valence-electron chi connectivity index (χ3n) is 2.80. The maximum absolute atomic E-state index is 11.9. The second kappa shape index (κ2) is 7.04. The Bertz CT molecular complexity index is 604. The van der Waals surface area contributed by atoms with Crippen LogP contribution in [0.5, 0.6) is 0 Å². The number of amides is 2. The lowest BCUT2D eigenvalue weighted by atomic mass is 10.1. The molecule has 110 valence electrons. The molecule has 0 spiro atoms. The molecule has 2 aromatic rings. The lowest BCUT2D eigenvalue weighted by molar-refractivity contribution is -0.116. The van der Waals surface area contributed by atoms with E-state index in [9.17, 15) is 9.59 Å². The summed E-state index contributed by atoms with van der Waals surface area (Å²) in [5, 5.41) is 9.31. The normalized spacial score (nSPS) is 10.4. The lowest BCUT2D eigenvalue weighted by Crippen LogP contribution is -2.14. The summed E-state index contributed by atoms with van der Waals surface area (Å²) in [5.74, 6) is 0.196. The molecule has 2 rings (SSSR count). The van der Waals surface area contributed by atoms with Gasteiger partial charge in [-0.05, 0) is 41.6 Å². The quantitative estimate of drug-likeness (QED) is 0.877. The van der Waals surface area contributed by atoms with Crippen molar-refractivity contribution in [2.24, 2.45) is 5.92 Å². The van der Waals surface area contributed by atoms with Gasteiger partial charge in [-0.3, -0.25) is 9.59 Å². The van der Waals surface area contributed by atoms with Crippen molar-refractivity contribution in [2.45, 2.75) is 20.3 Å². The average Bonchev–Trinajstić information content (AvgIpc) is 2.94. The number of rotatable bonds is 5. The van der Waals surface area contributed by atoms with Crippen molar-refractivity contribution in [1.82, 2.24) is 0 Å². The van der Waals surface area contributed by atoms with Crippen LogP contribution in [-0.4, -0.2) is 11.8 Å². The topological polar surface area (TPSA) is 58.2 Å². The average molecular weight is 302 g/mol. The SMILES string of the molecule is CC(C)CC(=O)Nc1ccc(NC(=O)c2ccsc2)cc1. The third-order valence-corrected chi connectivity index (χ3v) is 3.49. The summed E-state index contributed by atoms with van der Waals surface area (Å²) in [5.41, 5.74) is 2.08. The maximum Gasteiger partial charge on any atom is 0.256 e. The first kappa shape index (κ1) is 15.3. The molecule has 0 saturated heterocycles. The molecule has 0 aliphatic carbocycles. The van der Waals surface area contributed by atoms with Gasteiger partial charge in [0.15, 0.2) is 0 Å². The molecule has 0 unspecified atom stereocenters. The first-order valence-corrected chi connectivity index (χ1v) is 7.72. The van der Waals surface area contributed by atoms with E-state index in [0.29, 0.717) is 23.6 Å². The van der Waals surface area contributed by atoms with Gasteiger partial charge in [0, 0.05) is 23.2 Å². The molecule has 0 atom stereocenters. The van der Waals surface area contributed by atoms with E-state index < -0.39 is 0 Å². The first-order chi connectivity index (χ1) is 10.0. The van der Waals surface area contributed by atoms with Crippen molar-refractivity contribution >= 4 is 34.5 Å². The van der Waals surface area contributed by atoms with Crippen LogP contribution in [0.3, 0.4) is 0 Å². The Balaban J connectivity index is 1.93. The zero-order chi connectivity index (χ0) is 15.2. The van der Waals surface area contributed by atoms with Crippen LogP contribution in [0.25, 0.3) is 0 Å². The molecule has 0 fully saturated rings. The highest BCUT2D eigenvalue weighted by Gasteiger charge is 2.07. The summed E-state index contributed by atoms with van der Waals surface area (Å²) in [7, 11) is 0. The Morgan fingerprint density at radius 3 is 2.19 bits per heavy atom. The van der Waals surface area contributed by atoms with Gasteiger partial charge in [0.2, 0.25) is 5.91 Å². The Hall–Kier alpha value is -2.14. The molecule has 0 aliphatic heterocycles. The van der Waals surface area contributed by atoms with E-state index in [1.165, 1.54) is 11.3 Å². The maximum atomic E-state index is 11.9. The number of hydrogen-bond acceptors (Lipinski definition) is 3. The first-order valence-electron chi connectivity index (χ1n) is 6.78. The molecule has 5 heteroatoms. The second-order valence-electron chi connectivity index (χ2n) is 5.19. The van der Waals surface area contributed by atoms with Crippen LogP contribution in [0.15, 0.2) is 41.1 Å². The summed E-state index contributed by atoms with van der Waals surface area (Å²) in [6.07, 6.45) is 0.497. The molecule has 2 amide bonds. The van der Waals surface area contributed by atoms with Gasteiger partial charge in [0.1, 0.15) is 0 Å². The standard InChI is InChI=1S/C16H18N2O2S/c1-11(2)9-15(19)17-13-3-5-14(6-4-13)18-16(20)12-7-8-21-10-12/h3-8,10-11H,9H2,1-2H3,(H,17,19)(H,18,20). The monoisotopic (exact) mass is 302 g/mol. The Kier molecular flexibility index (Phi) is 5.11. The third kappa shape index (κ3) is 4.72. The number of carbonyl (C=O) groups is 2. The van der Waals surface area contributed by atoms with Gasteiger partial charge in [0.25, 0.3) is 5.91 Å². The minimum absolute atomic E-state index is 0.0000544. The van der Waals surface area contributed by atoms with E-state index in [4.69, 9.17) is 0 Å². The number of benzene rings is 1. The zero-order valence-corrected chi connectivity index (χ0v) is 12.9. The Labute approximate surface area is 128 Å². The summed E-state index contributed by atoms with van der Waals surface area (Å²) < 4.78 is 0. The van der Waals surface area contributed by atoms with Crippen molar-refractivity contribution in [3.63, 3.8) is 0 Å². The number of carbonyl (C=O) groups excluding carboxylic acids is 2. The van der Waals surface area contributed by atoms with E-state index in [1.807, 2.05) is 19.2 Å². The van der Waals surface area contributed by atoms with Crippen molar-refractivity contribution in [3.05, 3.63) is 46.7 Å². The minimum atomic E-state index is -0.132. The van der Waals surface area contributed by atoms with Crippen LogP contribution in [0, 0.1) is 5.92 Å². The summed E-state index contributed by atoms with van der Waals surface area (Å²) in [6.45, 7) is 4.01. The van der Waals surface area contributed by atoms with Crippen LogP contribution < -0.4 is 10.6 Å². The Morgan fingerprint density at radius 2 is 1.67 bits per heavy atom. The van der Waals surface area contributed by atoms with Gasteiger partial charge in [-0.15, -0.1) is 0 Å². The molecule has 2 N–H and O–H groups in total. The van der Waals surface area contributed by atoms with Gasteiger partial charge in [-0.25, -0.2) is 0 Å². The highest BCUT2D eigenvalue weighted by molar-refractivity contribution is 7.08. The number of thiophene rings is 1. The van der Waals surface area contributed by atoms with E-state index in [0.717, 1.165) is 5.69 Å². The van der Waals surface area contributed by atoms with Gasteiger partial charge in [0.05, 0.1) is 5.56 Å². The molecule has 0 radical (unpaired) electrons. The van der Waals surface area contributed by atoms with E-state index >= 15 is 0 Å². The number of nitrogens with one attached hydrogen (secondary N) is 2. The van der Waals surface area contributed by atoms with Gasteiger partial charge < -0.3 is 10.6 Å². The molecule has 0 bridgehead atoms. The van der Waals surface area contributed by atoms with Crippen LogP contribution in [0.4, 0.5) is 11.4 Å². The minimum Gasteiger partial charge on any atom is -0.326 e. The molecule has 0 aliphatic rings. The summed E-state index contributed by atoms with van der Waals surface area (Å²) in [4.78, 5) is 23.5. The molecule has 4 nitrogen and oxygen atoms in total. The van der Waals surface area contributed by atoms with E-state index in [1.54, 1.807) is 35.7 Å². The van der Waals surface area contributed by atoms with Crippen molar-refractivity contribution in [2.75, 3.05) is 10.6 Å². The van der Waals surface area contributed by atoms with Crippen molar-refractivity contribution in [1.29, 1.82) is 0 Å². The van der Waals surface area contributed by atoms with E-state index in [-0.39, 0.29) is 11.8 Å². The molecule has 1 aromatic carbocycles.